The van der Waals surface area contributed by atoms with Crippen LogP contribution >= 0.6 is 0 Å². The van der Waals surface area contributed by atoms with Gasteiger partial charge in [0.15, 0.2) is 0 Å². The molecule has 29 heavy (non-hydrogen) atoms. The summed E-state index contributed by atoms with van der Waals surface area (Å²) in [6, 6.07) is 12.8. The third kappa shape index (κ3) is 6.53. The number of hydrogen-bond donors (Lipinski definition) is 3. The highest BCUT2D eigenvalue weighted by Gasteiger charge is 2.21. The van der Waals surface area contributed by atoms with Crippen molar-refractivity contribution in [2.75, 3.05) is 20.8 Å². The molecule has 3 N–H and O–H groups in total. The van der Waals surface area contributed by atoms with E-state index in [0.717, 1.165) is 0 Å². The summed E-state index contributed by atoms with van der Waals surface area (Å²) in [7, 11) is 3.00. The molecule has 1 unspecified atom stereocenters. The molecule has 2 aromatic carbocycles. The number of carboxylic acids is 1. The Morgan fingerprint density at radius 3 is 1.83 bits per heavy atom. The number of hydrogen-bond acceptors (Lipinski definition) is 5. The zero-order valence-electron chi connectivity index (χ0n) is 16.3. The summed E-state index contributed by atoms with van der Waals surface area (Å²) in [5.41, 5.74) is 1.32. The van der Waals surface area contributed by atoms with Gasteiger partial charge in [-0.1, -0.05) is 36.4 Å². The van der Waals surface area contributed by atoms with Crippen LogP contribution in [0.5, 0.6) is 11.5 Å². The number of ether oxygens (including phenoxy) is 2. The molecule has 2 aromatic rings. The molecule has 0 saturated carbocycles. The van der Waals surface area contributed by atoms with E-state index in [1.807, 2.05) is 0 Å². The van der Waals surface area contributed by atoms with E-state index in [1.54, 1.807) is 48.5 Å². The van der Waals surface area contributed by atoms with Crippen molar-refractivity contribution >= 4 is 17.8 Å². The molecule has 0 aliphatic rings. The standard InChI is InChI=1S/C21H24N2O6/c1-28-17-9-5-3-7-14(17)11-19(24)22-13-16(21(26)27)23-20(25)12-15-8-4-6-10-18(15)29-2/h3-10,16H,11-13H2,1-2H3,(H,22,24)(H,23,25)(H,26,27). The smallest absolute Gasteiger partial charge is 0.328 e. The summed E-state index contributed by atoms with van der Waals surface area (Å²) in [4.78, 5) is 35.9. The molecule has 0 spiro atoms. The lowest BCUT2D eigenvalue weighted by molar-refractivity contribution is -0.141. The predicted octanol–water partition coefficient (Wildman–Crippen LogP) is 1.17. The van der Waals surface area contributed by atoms with Crippen LogP contribution in [0.4, 0.5) is 0 Å². The van der Waals surface area contributed by atoms with Crippen molar-refractivity contribution in [2.24, 2.45) is 0 Å². The number of methoxy groups -OCH3 is 2. The number of rotatable bonds is 10. The van der Waals surface area contributed by atoms with Crippen molar-refractivity contribution in [3.8, 4) is 11.5 Å². The normalized spacial score (nSPS) is 11.2. The van der Waals surface area contributed by atoms with Crippen molar-refractivity contribution in [2.45, 2.75) is 18.9 Å². The fourth-order valence-corrected chi connectivity index (χ4v) is 2.77. The monoisotopic (exact) mass is 400 g/mol. The molecule has 0 aromatic heterocycles. The molecule has 2 rings (SSSR count). The maximum Gasteiger partial charge on any atom is 0.328 e. The first-order valence-corrected chi connectivity index (χ1v) is 8.97. The van der Waals surface area contributed by atoms with E-state index >= 15 is 0 Å². The van der Waals surface area contributed by atoms with Crippen LogP contribution in [-0.4, -0.2) is 49.7 Å². The Morgan fingerprint density at radius 1 is 0.862 bits per heavy atom. The molecule has 154 valence electrons. The quantitative estimate of drug-likeness (QED) is 0.552. The number of nitrogens with one attached hydrogen (secondary N) is 2. The summed E-state index contributed by atoms with van der Waals surface area (Å²) >= 11 is 0. The van der Waals surface area contributed by atoms with Gasteiger partial charge in [0, 0.05) is 17.7 Å². The zero-order chi connectivity index (χ0) is 21.2. The van der Waals surface area contributed by atoms with Crippen LogP contribution in [0.15, 0.2) is 48.5 Å². The molecule has 0 bridgehead atoms. The van der Waals surface area contributed by atoms with Crippen LogP contribution < -0.4 is 20.1 Å². The topological polar surface area (TPSA) is 114 Å². The lowest BCUT2D eigenvalue weighted by Gasteiger charge is -2.16. The minimum atomic E-state index is -1.25. The lowest BCUT2D eigenvalue weighted by Crippen LogP contribution is -2.49. The van der Waals surface area contributed by atoms with Gasteiger partial charge in [-0.25, -0.2) is 4.79 Å². The van der Waals surface area contributed by atoms with Crippen LogP contribution in [0.1, 0.15) is 11.1 Å². The van der Waals surface area contributed by atoms with E-state index in [0.29, 0.717) is 22.6 Å². The average Bonchev–Trinajstić information content (AvgIpc) is 2.71. The highest BCUT2D eigenvalue weighted by atomic mass is 16.5. The number of para-hydroxylation sites is 2. The molecule has 0 fully saturated rings. The van der Waals surface area contributed by atoms with E-state index in [-0.39, 0.29) is 25.3 Å². The number of carbonyl (C=O) groups excluding carboxylic acids is 2. The first kappa shape index (κ1) is 21.7. The fraction of sp³-hybridized carbons (Fsp3) is 0.286. The number of aliphatic carboxylic acids is 1. The molecule has 2 amide bonds. The summed E-state index contributed by atoms with van der Waals surface area (Å²) < 4.78 is 10.4. The van der Waals surface area contributed by atoms with Gasteiger partial charge in [0.2, 0.25) is 11.8 Å². The summed E-state index contributed by atoms with van der Waals surface area (Å²) in [5, 5.41) is 14.3. The highest BCUT2D eigenvalue weighted by Crippen LogP contribution is 2.18. The fourth-order valence-electron chi connectivity index (χ4n) is 2.77. The number of benzene rings is 2. The van der Waals surface area contributed by atoms with E-state index in [1.165, 1.54) is 14.2 Å². The van der Waals surface area contributed by atoms with Crippen molar-refractivity contribution in [1.29, 1.82) is 0 Å². The molecule has 0 aliphatic heterocycles. The van der Waals surface area contributed by atoms with Crippen LogP contribution in [0, 0.1) is 0 Å². The maximum absolute atomic E-state index is 12.3. The molecule has 8 heteroatoms. The Labute approximate surface area is 168 Å². The molecule has 0 saturated heterocycles. The van der Waals surface area contributed by atoms with Crippen molar-refractivity contribution in [3.63, 3.8) is 0 Å². The third-order valence-corrected chi connectivity index (χ3v) is 4.22. The summed E-state index contributed by atoms with van der Waals surface area (Å²) in [6.07, 6.45) is -0.00549. The summed E-state index contributed by atoms with van der Waals surface area (Å²) in [5.74, 6) is -0.987. The molecule has 0 heterocycles. The minimum Gasteiger partial charge on any atom is -0.496 e. The second kappa shape index (κ2) is 10.7. The van der Waals surface area contributed by atoms with Gasteiger partial charge in [0.25, 0.3) is 0 Å². The molecule has 8 nitrogen and oxygen atoms in total. The van der Waals surface area contributed by atoms with Gasteiger partial charge in [-0.2, -0.15) is 0 Å². The third-order valence-electron chi connectivity index (χ3n) is 4.22. The van der Waals surface area contributed by atoms with Crippen molar-refractivity contribution < 1.29 is 29.0 Å². The van der Waals surface area contributed by atoms with E-state index < -0.39 is 17.9 Å². The van der Waals surface area contributed by atoms with Gasteiger partial charge >= 0.3 is 5.97 Å². The SMILES string of the molecule is COc1ccccc1CC(=O)NCC(NC(=O)Cc1ccccc1OC)C(=O)O. The van der Waals surface area contributed by atoms with E-state index in [4.69, 9.17) is 9.47 Å². The van der Waals surface area contributed by atoms with Crippen molar-refractivity contribution in [1.82, 2.24) is 10.6 Å². The molecular weight excluding hydrogens is 376 g/mol. The van der Waals surface area contributed by atoms with Crippen molar-refractivity contribution in [3.05, 3.63) is 59.7 Å². The van der Waals surface area contributed by atoms with Crippen LogP contribution in [0.2, 0.25) is 0 Å². The number of amides is 2. The Bertz CT molecular complexity index is 868. The van der Waals surface area contributed by atoms with Crippen LogP contribution in [0.3, 0.4) is 0 Å². The molecule has 1 atom stereocenters. The van der Waals surface area contributed by atoms with Gasteiger partial charge in [-0.15, -0.1) is 0 Å². The van der Waals surface area contributed by atoms with Gasteiger partial charge in [-0.3, -0.25) is 9.59 Å². The Hall–Kier alpha value is -3.55. The van der Waals surface area contributed by atoms with Crippen LogP contribution in [0.25, 0.3) is 0 Å². The van der Waals surface area contributed by atoms with E-state index in [9.17, 15) is 19.5 Å². The van der Waals surface area contributed by atoms with Gasteiger partial charge in [0.05, 0.1) is 27.1 Å². The van der Waals surface area contributed by atoms with Gasteiger partial charge in [0.1, 0.15) is 17.5 Å². The first-order valence-electron chi connectivity index (χ1n) is 8.97. The second-order valence-corrected chi connectivity index (χ2v) is 6.24. The second-order valence-electron chi connectivity index (χ2n) is 6.24. The highest BCUT2D eigenvalue weighted by molar-refractivity contribution is 5.86. The average molecular weight is 400 g/mol. The Morgan fingerprint density at radius 2 is 1.34 bits per heavy atom. The van der Waals surface area contributed by atoms with Gasteiger partial charge in [-0.05, 0) is 12.1 Å². The largest absolute Gasteiger partial charge is 0.496 e. The van der Waals surface area contributed by atoms with Gasteiger partial charge < -0.3 is 25.2 Å². The Balaban J connectivity index is 1.91. The predicted molar refractivity (Wildman–Crippen MR) is 106 cm³/mol. The molecule has 0 aliphatic carbocycles. The van der Waals surface area contributed by atoms with Crippen LogP contribution in [-0.2, 0) is 27.2 Å². The Kier molecular flexibility index (Phi) is 8.02. The summed E-state index contributed by atoms with van der Waals surface area (Å²) in [6.45, 7) is -0.235. The first-order chi connectivity index (χ1) is 13.9. The van der Waals surface area contributed by atoms with E-state index in [2.05, 4.69) is 10.6 Å². The maximum atomic E-state index is 12.3. The number of carbonyl (C=O) groups is 3. The molecule has 0 radical (unpaired) electrons. The molecular formula is C21H24N2O6. The zero-order valence-corrected chi connectivity index (χ0v) is 16.3. The number of carboxylic acid groups (broad SMARTS) is 1. The minimum absolute atomic E-state index is 0.0332. The lowest BCUT2D eigenvalue weighted by atomic mass is 10.1.